The van der Waals surface area contributed by atoms with E-state index in [4.69, 9.17) is 15.2 Å². The van der Waals surface area contributed by atoms with Gasteiger partial charge in [-0.2, -0.15) is 11.8 Å². The maximum absolute atomic E-state index is 10.2. The molecule has 5 atom stereocenters. The van der Waals surface area contributed by atoms with Crippen LogP contribution in [0.5, 0.6) is 0 Å². The first-order valence-electron chi connectivity index (χ1n) is 7.15. The normalized spacial score (nSPS) is 37.6. The highest BCUT2D eigenvalue weighted by Crippen LogP contribution is 2.33. The van der Waals surface area contributed by atoms with E-state index in [0.29, 0.717) is 13.2 Å². The molecule has 4 N–H and O–H groups in total. The molecular formula is C13H26ClNO4S. The second-order valence-corrected chi connectivity index (χ2v) is 6.42. The maximum Gasteiger partial charge on any atom is 0.186 e. The van der Waals surface area contributed by atoms with Crippen molar-refractivity contribution in [2.75, 3.05) is 24.7 Å². The molecule has 0 spiro atoms. The highest BCUT2D eigenvalue weighted by molar-refractivity contribution is 7.99. The Hall–Kier alpha value is 0.440. The quantitative estimate of drug-likeness (QED) is 0.646. The van der Waals surface area contributed by atoms with E-state index in [-0.39, 0.29) is 24.4 Å². The van der Waals surface area contributed by atoms with Crippen LogP contribution in [0.15, 0.2) is 0 Å². The predicted octanol–water partition coefficient (Wildman–Crippen LogP) is 0.754. The summed E-state index contributed by atoms with van der Waals surface area (Å²) in [5, 5.41) is 20.2. The van der Waals surface area contributed by atoms with Crippen LogP contribution in [0.2, 0.25) is 0 Å². The molecule has 120 valence electrons. The molecule has 3 heterocycles. The topological polar surface area (TPSA) is 84.9 Å². The van der Waals surface area contributed by atoms with Gasteiger partial charge < -0.3 is 25.4 Å². The van der Waals surface area contributed by atoms with E-state index in [1.165, 1.54) is 0 Å². The Kier molecular flexibility index (Phi) is 8.74. The number of ether oxygens (including phenoxy) is 2. The third kappa shape index (κ3) is 4.73. The van der Waals surface area contributed by atoms with Crippen LogP contribution >= 0.6 is 24.2 Å². The maximum atomic E-state index is 10.2. The molecule has 0 aliphatic carbocycles. The van der Waals surface area contributed by atoms with Gasteiger partial charge in [-0.3, -0.25) is 0 Å². The zero-order valence-corrected chi connectivity index (χ0v) is 13.3. The highest BCUT2D eigenvalue weighted by Gasteiger charge is 2.44. The number of halogens is 1. The summed E-state index contributed by atoms with van der Waals surface area (Å²) in [6, 6.07) is 0. The summed E-state index contributed by atoms with van der Waals surface area (Å²) in [7, 11) is 0. The van der Waals surface area contributed by atoms with Crippen LogP contribution in [0.4, 0.5) is 0 Å². The molecule has 0 amide bonds. The highest BCUT2D eigenvalue weighted by atomic mass is 35.5. The molecular weight excluding hydrogens is 302 g/mol. The average molecular weight is 328 g/mol. The summed E-state index contributed by atoms with van der Waals surface area (Å²) >= 11 is 1.80. The van der Waals surface area contributed by atoms with Crippen molar-refractivity contribution in [3.63, 3.8) is 0 Å². The van der Waals surface area contributed by atoms with Gasteiger partial charge in [0.25, 0.3) is 0 Å². The van der Waals surface area contributed by atoms with E-state index >= 15 is 0 Å². The molecule has 3 rings (SSSR count). The third-order valence-corrected chi connectivity index (χ3v) is 4.98. The summed E-state index contributed by atoms with van der Waals surface area (Å²) < 4.78 is 11.4. The van der Waals surface area contributed by atoms with Crippen molar-refractivity contribution >= 4 is 24.2 Å². The van der Waals surface area contributed by atoms with E-state index in [1.807, 2.05) is 0 Å². The van der Waals surface area contributed by atoms with Crippen molar-refractivity contribution in [2.45, 2.75) is 50.3 Å². The van der Waals surface area contributed by atoms with E-state index in [1.54, 1.807) is 11.8 Å². The third-order valence-electron chi connectivity index (χ3n) is 3.84. The van der Waals surface area contributed by atoms with Gasteiger partial charge in [-0.1, -0.05) is 6.42 Å². The number of rotatable bonds is 5. The Morgan fingerprint density at radius 2 is 2.00 bits per heavy atom. The van der Waals surface area contributed by atoms with Crippen molar-refractivity contribution in [3.8, 4) is 0 Å². The Balaban J connectivity index is 0.00000200. The van der Waals surface area contributed by atoms with Crippen molar-refractivity contribution in [2.24, 2.45) is 11.7 Å². The summed E-state index contributed by atoms with van der Waals surface area (Å²) in [5.41, 5.74) is 5.48. The number of hydrogen-bond acceptors (Lipinski definition) is 6. The standard InChI is InChI=1S/C13H25NO4S.ClH/c14-5-3-7-19-8-10-9-4-1-2-6-17-13(18-10)12(16)11(9)15;/h9-13,15-16H,1-8,14H2;1H. The Morgan fingerprint density at radius 3 is 2.75 bits per heavy atom. The molecule has 3 fully saturated rings. The second kappa shape index (κ2) is 9.46. The van der Waals surface area contributed by atoms with Crippen LogP contribution < -0.4 is 5.73 Å². The fourth-order valence-electron chi connectivity index (χ4n) is 2.71. The summed E-state index contributed by atoms with van der Waals surface area (Å²) in [4.78, 5) is 0. The molecule has 3 aliphatic heterocycles. The fraction of sp³-hybridized carbons (Fsp3) is 1.00. The molecule has 20 heavy (non-hydrogen) atoms. The first kappa shape index (κ1) is 18.5. The van der Waals surface area contributed by atoms with Crippen molar-refractivity contribution < 1.29 is 19.7 Å². The number of aliphatic hydroxyl groups is 2. The SMILES string of the molecule is Cl.NCCCSCC1OC2OCCCCC1C(O)C2O. The van der Waals surface area contributed by atoms with Gasteiger partial charge in [-0.25, -0.2) is 0 Å². The zero-order valence-electron chi connectivity index (χ0n) is 11.6. The minimum Gasteiger partial charge on any atom is -0.390 e. The molecule has 0 aromatic heterocycles. The lowest BCUT2D eigenvalue weighted by Crippen LogP contribution is -2.55. The minimum absolute atomic E-state index is 0. The summed E-state index contributed by atoms with van der Waals surface area (Å²) in [6.45, 7) is 1.29. The van der Waals surface area contributed by atoms with Crippen molar-refractivity contribution in [3.05, 3.63) is 0 Å². The fourth-order valence-corrected chi connectivity index (χ4v) is 3.81. The van der Waals surface area contributed by atoms with E-state index in [9.17, 15) is 10.2 Å². The molecule has 0 aromatic rings. The van der Waals surface area contributed by atoms with Gasteiger partial charge in [-0.15, -0.1) is 12.4 Å². The van der Waals surface area contributed by atoms with Crippen LogP contribution in [-0.2, 0) is 9.47 Å². The first-order valence-corrected chi connectivity index (χ1v) is 8.30. The molecule has 0 radical (unpaired) electrons. The smallest absolute Gasteiger partial charge is 0.186 e. The number of thioether (sulfide) groups is 1. The second-order valence-electron chi connectivity index (χ2n) is 5.27. The van der Waals surface area contributed by atoms with Crippen LogP contribution in [0.25, 0.3) is 0 Å². The number of nitrogens with two attached hydrogens (primary N) is 1. The largest absolute Gasteiger partial charge is 0.390 e. The molecule has 3 saturated heterocycles. The van der Waals surface area contributed by atoms with Gasteiger partial charge in [0.2, 0.25) is 0 Å². The zero-order chi connectivity index (χ0) is 13.7. The monoisotopic (exact) mass is 327 g/mol. The van der Waals surface area contributed by atoms with Gasteiger partial charge in [-0.05, 0) is 31.6 Å². The van der Waals surface area contributed by atoms with Crippen LogP contribution in [0.1, 0.15) is 25.7 Å². The number of fused-ring (bicyclic) bond motifs is 6. The van der Waals surface area contributed by atoms with Crippen molar-refractivity contribution in [1.82, 2.24) is 0 Å². The molecule has 0 saturated carbocycles. The van der Waals surface area contributed by atoms with E-state index < -0.39 is 18.5 Å². The Labute approximate surface area is 131 Å². The number of hydrogen-bond donors (Lipinski definition) is 3. The summed E-state index contributed by atoms with van der Waals surface area (Å²) in [5.74, 6) is 1.85. The molecule has 5 nitrogen and oxygen atoms in total. The van der Waals surface area contributed by atoms with E-state index in [0.717, 1.165) is 37.2 Å². The van der Waals surface area contributed by atoms with Crippen LogP contribution in [0.3, 0.4) is 0 Å². The van der Waals surface area contributed by atoms with Gasteiger partial charge in [0.05, 0.1) is 12.2 Å². The minimum atomic E-state index is -0.923. The lowest BCUT2D eigenvalue weighted by molar-refractivity contribution is -0.277. The summed E-state index contributed by atoms with van der Waals surface area (Å²) in [6.07, 6.45) is 1.47. The first-order chi connectivity index (χ1) is 9.24. The van der Waals surface area contributed by atoms with Gasteiger partial charge in [0, 0.05) is 18.3 Å². The van der Waals surface area contributed by atoms with Crippen LogP contribution in [0, 0.1) is 5.92 Å². The van der Waals surface area contributed by atoms with Gasteiger partial charge in [0.15, 0.2) is 6.29 Å². The molecule has 2 bridgehead atoms. The number of aliphatic hydroxyl groups excluding tert-OH is 2. The van der Waals surface area contributed by atoms with Gasteiger partial charge in [0.1, 0.15) is 6.10 Å². The lowest BCUT2D eigenvalue weighted by atomic mass is 9.86. The van der Waals surface area contributed by atoms with Gasteiger partial charge >= 0.3 is 0 Å². The molecule has 7 heteroatoms. The van der Waals surface area contributed by atoms with E-state index in [2.05, 4.69) is 0 Å². The molecule has 3 aliphatic rings. The van der Waals surface area contributed by atoms with Crippen molar-refractivity contribution in [1.29, 1.82) is 0 Å². The molecule has 0 aromatic carbocycles. The Morgan fingerprint density at radius 1 is 1.20 bits per heavy atom. The van der Waals surface area contributed by atoms with Crippen LogP contribution in [-0.4, -0.2) is 59.5 Å². The molecule has 5 unspecified atom stereocenters. The average Bonchev–Trinajstić information content (AvgIpc) is 2.55. The lowest BCUT2D eigenvalue weighted by Gasteiger charge is -2.42. The Bertz CT molecular complexity index is 273. The predicted molar refractivity (Wildman–Crippen MR) is 82.2 cm³/mol.